The van der Waals surface area contributed by atoms with Crippen molar-refractivity contribution in [3.8, 4) is 11.1 Å². The van der Waals surface area contributed by atoms with Gasteiger partial charge < -0.3 is 9.84 Å². The standard InChI is InChI=1S/C16H17NO4S/c1-16(2,3)21-15(20)17-13-8-10(11-6-7-22-9-11)4-5-12(13)14(18)19/h4-9H,1-3H3,(H,17,20)(H,18,19). The first-order valence-electron chi connectivity index (χ1n) is 6.66. The molecule has 0 saturated carbocycles. The zero-order valence-electron chi connectivity index (χ0n) is 12.5. The number of carbonyl (C=O) groups excluding carboxylic acids is 1. The molecule has 0 unspecified atom stereocenters. The van der Waals surface area contributed by atoms with Crippen molar-refractivity contribution in [1.29, 1.82) is 0 Å². The van der Waals surface area contributed by atoms with E-state index in [0.717, 1.165) is 11.1 Å². The fraction of sp³-hybridized carbons (Fsp3) is 0.250. The second kappa shape index (κ2) is 6.19. The zero-order valence-corrected chi connectivity index (χ0v) is 13.4. The molecule has 0 saturated heterocycles. The van der Waals surface area contributed by atoms with Crippen LogP contribution in [0.1, 0.15) is 31.1 Å². The molecule has 2 rings (SSSR count). The molecule has 0 fully saturated rings. The minimum atomic E-state index is -1.11. The summed E-state index contributed by atoms with van der Waals surface area (Å²) >= 11 is 1.54. The Bertz CT molecular complexity index is 687. The molecule has 1 aromatic heterocycles. The van der Waals surface area contributed by atoms with E-state index in [9.17, 15) is 14.7 Å². The van der Waals surface area contributed by atoms with Crippen molar-refractivity contribution in [2.45, 2.75) is 26.4 Å². The van der Waals surface area contributed by atoms with Crippen molar-refractivity contribution >= 4 is 29.1 Å². The molecule has 2 aromatic rings. The molecule has 0 aliphatic heterocycles. The Morgan fingerprint density at radius 1 is 1.18 bits per heavy atom. The van der Waals surface area contributed by atoms with Crippen LogP contribution in [0.5, 0.6) is 0 Å². The number of rotatable bonds is 3. The van der Waals surface area contributed by atoms with E-state index in [2.05, 4.69) is 5.32 Å². The highest BCUT2D eigenvalue weighted by molar-refractivity contribution is 7.08. The number of anilines is 1. The quantitative estimate of drug-likeness (QED) is 0.875. The number of benzene rings is 1. The van der Waals surface area contributed by atoms with Gasteiger partial charge in [0.25, 0.3) is 0 Å². The Hall–Kier alpha value is -2.34. The summed E-state index contributed by atoms with van der Waals surface area (Å²) in [5.74, 6) is -1.11. The van der Waals surface area contributed by atoms with Gasteiger partial charge >= 0.3 is 12.1 Å². The smallest absolute Gasteiger partial charge is 0.412 e. The summed E-state index contributed by atoms with van der Waals surface area (Å²) in [5, 5.41) is 15.6. The second-order valence-corrected chi connectivity index (χ2v) is 6.48. The van der Waals surface area contributed by atoms with Crippen LogP contribution >= 0.6 is 11.3 Å². The van der Waals surface area contributed by atoms with Crippen LogP contribution in [0.3, 0.4) is 0 Å². The summed E-state index contributed by atoms with van der Waals surface area (Å²) in [4.78, 5) is 23.2. The van der Waals surface area contributed by atoms with Gasteiger partial charge in [-0.05, 0) is 60.9 Å². The third-order valence-electron chi connectivity index (χ3n) is 2.74. The van der Waals surface area contributed by atoms with Crippen molar-refractivity contribution in [3.05, 3.63) is 40.6 Å². The number of hydrogen-bond acceptors (Lipinski definition) is 4. The molecule has 0 aliphatic carbocycles. The van der Waals surface area contributed by atoms with Gasteiger partial charge in [-0.25, -0.2) is 9.59 Å². The van der Waals surface area contributed by atoms with Crippen molar-refractivity contribution in [2.75, 3.05) is 5.32 Å². The van der Waals surface area contributed by atoms with Crippen molar-refractivity contribution in [3.63, 3.8) is 0 Å². The zero-order chi connectivity index (χ0) is 16.3. The Morgan fingerprint density at radius 3 is 2.45 bits per heavy atom. The number of aromatic carboxylic acids is 1. The van der Waals surface area contributed by atoms with Crippen molar-refractivity contribution < 1.29 is 19.4 Å². The van der Waals surface area contributed by atoms with Crippen LogP contribution in [-0.4, -0.2) is 22.8 Å². The molecule has 1 amide bonds. The van der Waals surface area contributed by atoms with Crippen LogP contribution in [0.15, 0.2) is 35.0 Å². The maximum atomic E-state index is 11.9. The molecule has 0 radical (unpaired) electrons. The SMILES string of the molecule is CC(C)(C)OC(=O)Nc1cc(-c2ccsc2)ccc1C(=O)O. The van der Waals surface area contributed by atoms with Gasteiger partial charge in [-0.1, -0.05) is 6.07 Å². The van der Waals surface area contributed by atoms with Gasteiger partial charge in [0.05, 0.1) is 11.3 Å². The Morgan fingerprint density at radius 2 is 1.91 bits per heavy atom. The Balaban J connectivity index is 2.32. The van der Waals surface area contributed by atoms with E-state index in [0.29, 0.717) is 0 Å². The monoisotopic (exact) mass is 319 g/mol. The number of carbonyl (C=O) groups is 2. The average Bonchev–Trinajstić information content (AvgIpc) is 2.89. The third-order valence-corrected chi connectivity index (χ3v) is 3.42. The maximum Gasteiger partial charge on any atom is 0.412 e. The van der Waals surface area contributed by atoms with Gasteiger partial charge in [0.1, 0.15) is 5.60 Å². The highest BCUT2D eigenvalue weighted by atomic mass is 32.1. The number of amides is 1. The van der Waals surface area contributed by atoms with Crippen LogP contribution in [0.25, 0.3) is 11.1 Å². The number of carboxylic acids is 1. The van der Waals surface area contributed by atoms with E-state index in [1.165, 1.54) is 6.07 Å². The third kappa shape index (κ3) is 4.08. The first kappa shape index (κ1) is 16.0. The van der Waals surface area contributed by atoms with Crippen molar-refractivity contribution in [1.82, 2.24) is 0 Å². The topological polar surface area (TPSA) is 75.6 Å². The molecule has 0 spiro atoms. The van der Waals surface area contributed by atoms with E-state index in [4.69, 9.17) is 4.74 Å². The number of thiophene rings is 1. The van der Waals surface area contributed by atoms with E-state index < -0.39 is 17.7 Å². The lowest BCUT2D eigenvalue weighted by atomic mass is 10.0. The highest BCUT2D eigenvalue weighted by Crippen LogP contribution is 2.28. The molecule has 22 heavy (non-hydrogen) atoms. The van der Waals surface area contributed by atoms with E-state index in [-0.39, 0.29) is 11.3 Å². The normalized spacial score (nSPS) is 11.0. The number of carboxylic acid groups (broad SMARTS) is 1. The summed E-state index contributed by atoms with van der Waals surface area (Å²) in [6, 6.07) is 6.75. The van der Waals surface area contributed by atoms with Crippen LogP contribution < -0.4 is 5.32 Å². The summed E-state index contributed by atoms with van der Waals surface area (Å²) in [7, 11) is 0. The predicted octanol–water partition coefficient (Wildman–Crippen LogP) is 4.46. The number of hydrogen-bond donors (Lipinski definition) is 2. The lowest BCUT2D eigenvalue weighted by Gasteiger charge is -2.20. The summed E-state index contributed by atoms with van der Waals surface area (Å²) in [6.07, 6.45) is -0.683. The molecule has 6 heteroatoms. The van der Waals surface area contributed by atoms with E-state index in [1.807, 2.05) is 16.8 Å². The largest absolute Gasteiger partial charge is 0.478 e. The Labute approximate surface area is 132 Å². The lowest BCUT2D eigenvalue weighted by Crippen LogP contribution is -2.27. The van der Waals surface area contributed by atoms with Crippen LogP contribution in [0, 0.1) is 0 Å². The Kier molecular flexibility index (Phi) is 4.51. The van der Waals surface area contributed by atoms with Crippen LogP contribution in [0.2, 0.25) is 0 Å². The minimum Gasteiger partial charge on any atom is -0.478 e. The molecular formula is C16H17NO4S. The van der Waals surface area contributed by atoms with Crippen LogP contribution in [0.4, 0.5) is 10.5 Å². The highest BCUT2D eigenvalue weighted by Gasteiger charge is 2.19. The van der Waals surface area contributed by atoms with Gasteiger partial charge in [-0.3, -0.25) is 5.32 Å². The van der Waals surface area contributed by atoms with Gasteiger partial charge in [0.15, 0.2) is 0 Å². The molecule has 5 nitrogen and oxygen atoms in total. The molecule has 0 bridgehead atoms. The molecule has 2 N–H and O–H groups in total. The predicted molar refractivity (Wildman–Crippen MR) is 86.6 cm³/mol. The molecule has 0 atom stereocenters. The van der Waals surface area contributed by atoms with Gasteiger partial charge in [-0.15, -0.1) is 0 Å². The number of ether oxygens (including phenoxy) is 1. The van der Waals surface area contributed by atoms with Gasteiger partial charge in [0.2, 0.25) is 0 Å². The molecule has 116 valence electrons. The first-order chi connectivity index (χ1) is 10.3. The summed E-state index contributed by atoms with van der Waals surface area (Å²) in [5.41, 5.74) is 1.38. The summed E-state index contributed by atoms with van der Waals surface area (Å²) in [6.45, 7) is 5.23. The van der Waals surface area contributed by atoms with Crippen LogP contribution in [-0.2, 0) is 4.74 Å². The molecular weight excluding hydrogens is 302 g/mol. The fourth-order valence-corrected chi connectivity index (χ4v) is 2.52. The van der Waals surface area contributed by atoms with Gasteiger partial charge in [0, 0.05) is 0 Å². The van der Waals surface area contributed by atoms with Gasteiger partial charge in [-0.2, -0.15) is 11.3 Å². The molecule has 1 aromatic carbocycles. The van der Waals surface area contributed by atoms with Crippen molar-refractivity contribution in [2.24, 2.45) is 0 Å². The number of nitrogens with one attached hydrogen (secondary N) is 1. The lowest BCUT2D eigenvalue weighted by molar-refractivity contribution is 0.0636. The molecule has 1 heterocycles. The molecule has 0 aliphatic rings. The minimum absolute atomic E-state index is 0.0184. The summed E-state index contributed by atoms with van der Waals surface area (Å²) < 4.78 is 5.17. The van der Waals surface area contributed by atoms with E-state index in [1.54, 1.807) is 44.2 Å². The second-order valence-electron chi connectivity index (χ2n) is 5.70. The average molecular weight is 319 g/mol. The first-order valence-corrected chi connectivity index (χ1v) is 7.60. The fourth-order valence-electron chi connectivity index (χ4n) is 1.86. The maximum absolute atomic E-state index is 11.9. The van der Waals surface area contributed by atoms with E-state index >= 15 is 0 Å².